The van der Waals surface area contributed by atoms with Crippen LogP contribution >= 0.6 is 0 Å². The fourth-order valence-corrected chi connectivity index (χ4v) is 2.93. The van der Waals surface area contributed by atoms with Gasteiger partial charge in [-0.05, 0) is 58.8 Å². The molecule has 1 aliphatic heterocycles. The Morgan fingerprint density at radius 3 is 2.58 bits per heavy atom. The first-order valence-electron chi connectivity index (χ1n) is 8.61. The molecule has 1 saturated carbocycles. The Morgan fingerprint density at radius 2 is 2.04 bits per heavy atom. The average molecular weight is 362 g/mol. The fraction of sp³-hybridized carbons (Fsp3) is 0.550. The van der Waals surface area contributed by atoms with E-state index in [-0.39, 0.29) is 17.5 Å². The number of carbonyl (C=O) groups is 3. The number of ketones is 2. The number of esters is 1. The number of epoxide rings is 1. The van der Waals surface area contributed by atoms with Crippen molar-refractivity contribution in [2.45, 2.75) is 64.4 Å². The van der Waals surface area contributed by atoms with E-state index in [4.69, 9.17) is 9.47 Å². The molecular weight excluding hydrogens is 336 g/mol. The second-order valence-corrected chi connectivity index (χ2v) is 7.59. The summed E-state index contributed by atoms with van der Waals surface area (Å²) in [5, 5.41) is 9.72. The highest BCUT2D eigenvalue weighted by atomic mass is 16.6. The first-order valence-corrected chi connectivity index (χ1v) is 8.61. The Labute approximate surface area is 153 Å². The van der Waals surface area contributed by atoms with E-state index in [1.165, 1.54) is 26.0 Å². The summed E-state index contributed by atoms with van der Waals surface area (Å²) in [6.45, 7) is 11.8. The van der Waals surface area contributed by atoms with Gasteiger partial charge in [0.2, 0.25) is 5.78 Å². The van der Waals surface area contributed by atoms with Gasteiger partial charge in [-0.25, -0.2) is 4.79 Å². The van der Waals surface area contributed by atoms with Gasteiger partial charge in [-0.15, -0.1) is 0 Å². The number of ether oxygens (including phenoxy) is 2. The van der Waals surface area contributed by atoms with Crippen molar-refractivity contribution in [1.82, 2.24) is 0 Å². The Bertz CT molecular complexity index is 708. The van der Waals surface area contributed by atoms with Crippen LogP contribution in [0.5, 0.6) is 0 Å². The van der Waals surface area contributed by atoms with E-state index in [2.05, 4.69) is 6.58 Å². The van der Waals surface area contributed by atoms with E-state index in [1.807, 2.05) is 0 Å². The third kappa shape index (κ3) is 4.02. The van der Waals surface area contributed by atoms with Crippen LogP contribution in [0, 0.1) is 5.92 Å². The van der Waals surface area contributed by atoms with Crippen LogP contribution in [0.25, 0.3) is 0 Å². The number of hydrogen-bond donors (Lipinski definition) is 1. The Balaban J connectivity index is 2.24. The largest absolute Gasteiger partial charge is 0.450 e. The lowest BCUT2D eigenvalue weighted by molar-refractivity contribution is -0.157. The minimum atomic E-state index is -1.15. The molecule has 0 aromatic heterocycles. The molecule has 1 aliphatic carbocycles. The van der Waals surface area contributed by atoms with E-state index in [0.29, 0.717) is 12.0 Å². The van der Waals surface area contributed by atoms with Gasteiger partial charge in [-0.1, -0.05) is 12.7 Å². The lowest BCUT2D eigenvalue weighted by Crippen LogP contribution is -2.48. The minimum absolute atomic E-state index is 0.160. The van der Waals surface area contributed by atoms with Crippen molar-refractivity contribution in [3.8, 4) is 0 Å². The van der Waals surface area contributed by atoms with E-state index >= 15 is 0 Å². The van der Waals surface area contributed by atoms with E-state index < -0.39 is 35.0 Å². The monoisotopic (exact) mass is 362 g/mol. The second-order valence-electron chi connectivity index (χ2n) is 7.59. The average Bonchev–Trinajstić information content (AvgIpc) is 3.24. The molecular formula is C20H26O6. The number of carbonyl (C=O) groups excluding carboxylic acids is 3. The highest BCUT2D eigenvalue weighted by Crippen LogP contribution is 2.49. The summed E-state index contributed by atoms with van der Waals surface area (Å²) in [5.41, 5.74) is -1.57. The van der Waals surface area contributed by atoms with Gasteiger partial charge in [0.05, 0.1) is 11.7 Å². The van der Waals surface area contributed by atoms with Gasteiger partial charge in [-0.2, -0.15) is 0 Å². The molecule has 0 bridgehead atoms. The molecule has 0 unspecified atom stereocenters. The van der Waals surface area contributed by atoms with Crippen LogP contribution in [0.1, 0.15) is 41.0 Å². The number of fused-ring (bicyclic) bond motifs is 1. The van der Waals surface area contributed by atoms with Crippen molar-refractivity contribution in [2.24, 2.45) is 5.92 Å². The molecule has 6 nitrogen and oxygen atoms in total. The summed E-state index contributed by atoms with van der Waals surface area (Å²) in [6, 6.07) is 0. The summed E-state index contributed by atoms with van der Waals surface area (Å²) in [4.78, 5) is 37.3. The lowest BCUT2D eigenvalue weighted by Gasteiger charge is -2.31. The smallest absolute Gasteiger partial charge is 0.334 e. The van der Waals surface area contributed by atoms with Gasteiger partial charge in [0.1, 0.15) is 0 Å². The molecule has 142 valence electrons. The van der Waals surface area contributed by atoms with Crippen molar-refractivity contribution in [3.05, 3.63) is 36.0 Å². The standard InChI is InChI=1S/C20H26O6/c1-7-11(2)18(23)25-16-13(10-15-20(6,26-15)17(16)22)12(3)14(21)8-9-19(4,5)24/h7-9,13,15-16,24H,3,10H2,1-2,4-6H3/b9-8+,11-7+/t13-,15-,16-,20-/m0/s1. The third-order valence-corrected chi connectivity index (χ3v) is 4.92. The van der Waals surface area contributed by atoms with Crippen LogP contribution in [0.15, 0.2) is 36.0 Å². The Morgan fingerprint density at radius 1 is 1.42 bits per heavy atom. The summed E-state index contributed by atoms with van der Waals surface area (Å²) >= 11 is 0. The van der Waals surface area contributed by atoms with Crippen LogP contribution in [-0.4, -0.2) is 46.1 Å². The van der Waals surface area contributed by atoms with Crippen LogP contribution in [0.4, 0.5) is 0 Å². The molecule has 1 heterocycles. The maximum Gasteiger partial charge on any atom is 0.334 e. The molecule has 2 rings (SSSR count). The second kappa shape index (κ2) is 6.93. The van der Waals surface area contributed by atoms with Crippen molar-refractivity contribution in [3.63, 3.8) is 0 Å². The van der Waals surface area contributed by atoms with Crippen LogP contribution in [0.3, 0.4) is 0 Å². The maximum absolute atomic E-state index is 12.8. The van der Waals surface area contributed by atoms with Crippen LogP contribution in [-0.2, 0) is 23.9 Å². The molecule has 0 radical (unpaired) electrons. The molecule has 0 aromatic carbocycles. The molecule has 0 aromatic rings. The molecule has 0 amide bonds. The number of Topliss-reactive ketones (excluding diaryl/α,β-unsaturated/α-hetero) is 1. The third-order valence-electron chi connectivity index (χ3n) is 4.92. The predicted octanol–water partition coefficient (Wildman–Crippen LogP) is 2.06. The first-order chi connectivity index (χ1) is 11.9. The van der Waals surface area contributed by atoms with Crippen molar-refractivity contribution in [1.29, 1.82) is 0 Å². The molecule has 1 saturated heterocycles. The van der Waals surface area contributed by atoms with Crippen molar-refractivity contribution in [2.75, 3.05) is 0 Å². The highest BCUT2D eigenvalue weighted by Gasteiger charge is 2.66. The summed E-state index contributed by atoms with van der Waals surface area (Å²) < 4.78 is 10.9. The molecule has 2 fully saturated rings. The number of hydrogen-bond acceptors (Lipinski definition) is 6. The number of allylic oxidation sites excluding steroid dienone is 2. The van der Waals surface area contributed by atoms with Crippen LogP contribution in [0.2, 0.25) is 0 Å². The molecule has 0 spiro atoms. The fourth-order valence-electron chi connectivity index (χ4n) is 2.93. The summed E-state index contributed by atoms with van der Waals surface area (Å²) in [6.07, 6.45) is 3.12. The predicted molar refractivity (Wildman–Crippen MR) is 95.3 cm³/mol. The maximum atomic E-state index is 12.8. The first kappa shape index (κ1) is 20.3. The van der Waals surface area contributed by atoms with Gasteiger partial charge in [0.25, 0.3) is 0 Å². The zero-order valence-electron chi connectivity index (χ0n) is 15.9. The van der Waals surface area contributed by atoms with E-state index in [9.17, 15) is 19.5 Å². The van der Waals surface area contributed by atoms with E-state index in [1.54, 1.807) is 26.8 Å². The Hall–Kier alpha value is -2.05. The van der Waals surface area contributed by atoms with Crippen molar-refractivity contribution < 1.29 is 29.0 Å². The van der Waals surface area contributed by atoms with Crippen LogP contribution < -0.4 is 0 Å². The van der Waals surface area contributed by atoms with Gasteiger partial charge in [-0.3, -0.25) is 9.59 Å². The summed E-state index contributed by atoms with van der Waals surface area (Å²) in [7, 11) is 0. The van der Waals surface area contributed by atoms with Gasteiger partial charge >= 0.3 is 5.97 Å². The molecule has 2 aliphatic rings. The molecule has 6 heteroatoms. The molecule has 1 N–H and O–H groups in total. The zero-order chi connectivity index (χ0) is 19.9. The van der Waals surface area contributed by atoms with Gasteiger partial charge in [0.15, 0.2) is 17.5 Å². The quantitative estimate of drug-likeness (QED) is 0.442. The SMILES string of the molecule is C=C(C(=O)/C=C/C(C)(C)O)[C@@H]1C[C@@H]2O[C@]2(C)C(=O)[C@H]1OC(=O)/C(C)=C/C. The van der Waals surface area contributed by atoms with E-state index in [0.717, 1.165) is 0 Å². The normalized spacial score (nSPS) is 31.5. The van der Waals surface area contributed by atoms with Crippen molar-refractivity contribution >= 4 is 17.5 Å². The molecule has 26 heavy (non-hydrogen) atoms. The highest BCUT2D eigenvalue weighted by molar-refractivity contribution is 6.06. The zero-order valence-corrected chi connectivity index (χ0v) is 15.9. The number of rotatable bonds is 6. The van der Waals surface area contributed by atoms with Gasteiger partial charge < -0.3 is 14.6 Å². The minimum Gasteiger partial charge on any atom is -0.450 e. The number of aliphatic hydroxyl groups is 1. The Kier molecular flexibility index (Phi) is 5.40. The summed E-state index contributed by atoms with van der Waals surface area (Å²) in [5.74, 6) is -2.03. The van der Waals surface area contributed by atoms with Gasteiger partial charge in [0, 0.05) is 11.5 Å². The lowest BCUT2D eigenvalue weighted by atomic mass is 9.75. The molecule has 4 atom stereocenters. The topological polar surface area (TPSA) is 93.2 Å².